The van der Waals surface area contributed by atoms with Crippen molar-refractivity contribution in [1.82, 2.24) is 20.1 Å². The Morgan fingerprint density at radius 2 is 2.00 bits per heavy atom. The molecule has 1 fully saturated rings. The van der Waals surface area contributed by atoms with E-state index in [-0.39, 0.29) is 5.78 Å². The highest BCUT2D eigenvalue weighted by Gasteiger charge is 2.15. The number of likely N-dealkylation sites (tertiary alicyclic amines) is 1. The van der Waals surface area contributed by atoms with Gasteiger partial charge in [0.2, 0.25) is 0 Å². The van der Waals surface area contributed by atoms with Crippen molar-refractivity contribution in [2.24, 2.45) is 0 Å². The standard InChI is InChI=1S/C19H20N4OS/c24-17(12-23-6-2-1-3-7-23)10-16-9-15-8-14(19-11-20-13-25-19)4-5-18(15)22-21-16/h4-5,8-9,11,13H,1-3,6-7,10,12H2. The zero-order chi connectivity index (χ0) is 17.1. The van der Waals surface area contributed by atoms with Crippen LogP contribution in [-0.2, 0) is 11.2 Å². The van der Waals surface area contributed by atoms with E-state index in [9.17, 15) is 4.79 Å². The maximum Gasteiger partial charge on any atom is 0.152 e. The number of ketones is 1. The summed E-state index contributed by atoms with van der Waals surface area (Å²) in [5.41, 5.74) is 4.54. The van der Waals surface area contributed by atoms with Crippen LogP contribution in [0.5, 0.6) is 0 Å². The lowest BCUT2D eigenvalue weighted by atomic mass is 10.1. The Balaban J connectivity index is 1.50. The number of carbonyl (C=O) groups excluding carboxylic acids is 1. The van der Waals surface area contributed by atoms with Gasteiger partial charge in [0, 0.05) is 11.6 Å². The van der Waals surface area contributed by atoms with Crippen LogP contribution in [0.15, 0.2) is 36.0 Å². The van der Waals surface area contributed by atoms with Crippen molar-refractivity contribution in [2.75, 3.05) is 19.6 Å². The van der Waals surface area contributed by atoms with E-state index >= 15 is 0 Å². The molecular formula is C19H20N4OS. The third kappa shape index (κ3) is 3.91. The SMILES string of the molecule is O=C(Cc1cc2cc(-c3cncs3)ccc2nn1)CN1CCCCC1. The average Bonchev–Trinajstić information content (AvgIpc) is 3.16. The lowest BCUT2D eigenvalue weighted by molar-refractivity contribution is -0.119. The van der Waals surface area contributed by atoms with Crippen LogP contribution >= 0.6 is 11.3 Å². The molecular weight excluding hydrogens is 332 g/mol. The van der Waals surface area contributed by atoms with Gasteiger partial charge in [0.1, 0.15) is 0 Å². The molecule has 0 spiro atoms. The smallest absolute Gasteiger partial charge is 0.152 e. The Bertz CT molecular complexity index is 872. The summed E-state index contributed by atoms with van der Waals surface area (Å²) in [4.78, 5) is 19.9. The zero-order valence-corrected chi connectivity index (χ0v) is 14.8. The van der Waals surface area contributed by atoms with E-state index in [0.29, 0.717) is 13.0 Å². The van der Waals surface area contributed by atoms with Crippen LogP contribution in [0.1, 0.15) is 25.0 Å². The highest BCUT2D eigenvalue weighted by atomic mass is 32.1. The Morgan fingerprint density at radius 1 is 1.12 bits per heavy atom. The number of aromatic nitrogens is 3. The van der Waals surface area contributed by atoms with Crippen LogP contribution in [0.3, 0.4) is 0 Å². The van der Waals surface area contributed by atoms with Crippen molar-refractivity contribution in [3.05, 3.63) is 41.7 Å². The number of fused-ring (bicyclic) bond motifs is 1. The fraction of sp³-hybridized carbons (Fsp3) is 0.368. The Labute approximate surface area is 150 Å². The number of rotatable bonds is 5. The quantitative estimate of drug-likeness (QED) is 0.705. The van der Waals surface area contributed by atoms with Gasteiger partial charge in [-0.2, -0.15) is 10.2 Å². The minimum Gasteiger partial charge on any atom is -0.298 e. The molecule has 0 radical (unpaired) electrons. The van der Waals surface area contributed by atoms with Crippen LogP contribution in [0, 0.1) is 0 Å². The molecule has 0 N–H and O–H groups in total. The first-order valence-corrected chi connectivity index (χ1v) is 9.55. The van der Waals surface area contributed by atoms with Crippen molar-refractivity contribution in [1.29, 1.82) is 0 Å². The summed E-state index contributed by atoms with van der Waals surface area (Å²) in [7, 11) is 0. The van der Waals surface area contributed by atoms with Crippen LogP contribution in [-0.4, -0.2) is 45.5 Å². The minimum absolute atomic E-state index is 0.217. The topological polar surface area (TPSA) is 59.0 Å². The summed E-state index contributed by atoms with van der Waals surface area (Å²) in [5, 5.41) is 9.52. The number of hydrogen-bond acceptors (Lipinski definition) is 6. The molecule has 25 heavy (non-hydrogen) atoms. The summed E-state index contributed by atoms with van der Waals surface area (Å²) >= 11 is 1.61. The van der Waals surface area contributed by atoms with Crippen LogP contribution in [0.2, 0.25) is 0 Å². The number of piperidine rings is 1. The highest BCUT2D eigenvalue weighted by Crippen LogP contribution is 2.26. The number of benzene rings is 1. The van der Waals surface area contributed by atoms with Crippen LogP contribution < -0.4 is 0 Å². The summed E-state index contributed by atoms with van der Waals surface area (Å²) in [6.07, 6.45) is 5.89. The number of carbonyl (C=O) groups is 1. The second kappa shape index (κ2) is 7.37. The molecule has 0 atom stereocenters. The molecule has 0 bridgehead atoms. The molecule has 1 aromatic carbocycles. The van der Waals surface area contributed by atoms with E-state index < -0.39 is 0 Å². The maximum atomic E-state index is 12.4. The second-order valence-corrected chi connectivity index (χ2v) is 7.41. The van der Waals surface area contributed by atoms with E-state index in [1.807, 2.05) is 29.9 Å². The van der Waals surface area contributed by atoms with Gasteiger partial charge < -0.3 is 0 Å². The lowest BCUT2D eigenvalue weighted by Gasteiger charge is -2.25. The van der Waals surface area contributed by atoms with Gasteiger partial charge in [0.05, 0.1) is 34.6 Å². The third-order valence-electron chi connectivity index (χ3n) is 4.58. The second-order valence-electron chi connectivity index (χ2n) is 6.53. The van der Waals surface area contributed by atoms with E-state index in [1.54, 1.807) is 11.3 Å². The van der Waals surface area contributed by atoms with E-state index in [4.69, 9.17) is 0 Å². The molecule has 6 heteroatoms. The molecule has 3 heterocycles. The molecule has 0 aliphatic carbocycles. The fourth-order valence-electron chi connectivity index (χ4n) is 3.31. The summed E-state index contributed by atoms with van der Waals surface area (Å²) in [5.74, 6) is 0.217. The van der Waals surface area contributed by atoms with E-state index in [2.05, 4.69) is 26.1 Å². The molecule has 1 saturated heterocycles. The summed E-state index contributed by atoms with van der Waals surface area (Å²) in [6, 6.07) is 8.08. The predicted molar refractivity (Wildman–Crippen MR) is 99.6 cm³/mol. The summed E-state index contributed by atoms with van der Waals surface area (Å²) in [6.45, 7) is 2.60. The summed E-state index contributed by atoms with van der Waals surface area (Å²) < 4.78 is 0. The first kappa shape index (κ1) is 16.3. The predicted octanol–water partition coefficient (Wildman–Crippen LogP) is 3.35. The molecule has 2 aromatic heterocycles. The van der Waals surface area contributed by atoms with E-state index in [1.165, 1.54) is 19.3 Å². The molecule has 0 amide bonds. The molecule has 128 valence electrons. The zero-order valence-electron chi connectivity index (χ0n) is 14.0. The first-order valence-electron chi connectivity index (χ1n) is 8.67. The van der Waals surface area contributed by atoms with Crippen molar-refractivity contribution >= 4 is 28.0 Å². The molecule has 0 unspecified atom stereocenters. The molecule has 5 nitrogen and oxygen atoms in total. The van der Waals surface area contributed by atoms with Crippen molar-refractivity contribution < 1.29 is 4.79 Å². The normalized spacial score (nSPS) is 15.5. The monoisotopic (exact) mass is 352 g/mol. The van der Waals surface area contributed by atoms with Crippen molar-refractivity contribution in [2.45, 2.75) is 25.7 Å². The van der Waals surface area contributed by atoms with Gasteiger partial charge in [-0.1, -0.05) is 12.5 Å². The third-order valence-corrected chi connectivity index (χ3v) is 5.40. The van der Waals surface area contributed by atoms with Crippen molar-refractivity contribution in [3.63, 3.8) is 0 Å². The number of nitrogens with zero attached hydrogens (tertiary/aromatic N) is 4. The van der Waals surface area contributed by atoms with Crippen LogP contribution in [0.25, 0.3) is 21.3 Å². The van der Waals surface area contributed by atoms with Gasteiger partial charge in [-0.15, -0.1) is 11.3 Å². The van der Waals surface area contributed by atoms with Gasteiger partial charge in [-0.25, -0.2) is 0 Å². The fourth-order valence-corrected chi connectivity index (χ4v) is 3.93. The lowest BCUT2D eigenvalue weighted by Crippen LogP contribution is -2.35. The van der Waals surface area contributed by atoms with Gasteiger partial charge in [-0.3, -0.25) is 14.7 Å². The number of thiazole rings is 1. The van der Waals surface area contributed by atoms with Gasteiger partial charge in [0.25, 0.3) is 0 Å². The van der Waals surface area contributed by atoms with Crippen molar-refractivity contribution in [3.8, 4) is 10.4 Å². The Hall–Kier alpha value is -2.18. The Morgan fingerprint density at radius 3 is 2.80 bits per heavy atom. The molecule has 3 aromatic rings. The first-order chi connectivity index (χ1) is 12.3. The maximum absolute atomic E-state index is 12.4. The largest absolute Gasteiger partial charge is 0.298 e. The molecule has 1 aliphatic heterocycles. The molecule has 1 aliphatic rings. The van der Waals surface area contributed by atoms with Gasteiger partial charge >= 0.3 is 0 Å². The minimum atomic E-state index is 0.217. The van der Waals surface area contributed by atoms with Crippen LogP contribution in [0.4, 0.5) is 0 Å². The Kier molecular flexibility index (Phi) is 4.81. The van der Waals surface area contributed by atoms with Gasteiger partial charge in [-0.05, 0) is 49.7 Å². The molecule has 4 rings (SSSR count). The number of Topliss-reactive ketones (excluding diaryl/α,β-unsaturated/α-hetero) is 1. The number of hydrogen-bond donors (Lipinski definition) is 0. The highest BCUT2D eigenvalue weighted by molar-refractivity contribution is 7.13. The average molecular weight is 352 g/mol. The molecule has 0 saturated carbocycles. The van der Waals surface area contributed by atoms with E-state index in [0.717, 1.165) is 40.1 Å². The van der Waals surface area contributed by atoms with Gasteiger partial charge in [0.15, 0.2) is 5.78 Å².